The first-order valence-electron chi connectivity index (χ1n) is 6.30. The molecule has 0 bridgehead atoms. The number of nitrogens with zero attached hydrogens (tertiary/aromatic N) is 1. The van der Waals surface area contributed by atoms with E-state index in [1.807, 2.05) is 0 Å². The number of carbonyl (C=O) groups excluding carboxylic acids is 1. The summed E-state index contributed by atoms with van der Waals surface area (Å²) in [6, 6.07) is 8.13. The number of rotatable bonds is 4. The van der Waals surface area contributed by atoms with Crippen LogP contribution in [0.1, 0.15) is 17.3 Å². The summed E-state index contributed by atoms with van der Waals surface area (Å²) in [5.41, 5.74) is 0.997. The molecular weight excluding hydrogens is 312 g/mol. The van der Waals surface area contributed by atoms with Gasteiger partial charge in [0.15, 0.2) is 0 Å². The predicted molar refractivity (Wildman–Crippen MR) is 83.4 cm³/mol. The Morgan fingerprint density at radius 2 is 2.05 bits per heavy atom. The maximum atomic E-state index is 12.3. The van der Waals surface area contributed by atoms with Crippen LogP contribution in [0.2, 0.25) is 5.15 Å². The monoisotopic (exact) mass is 326 g/mol. The number of nitrogens with one attached hydrogen (secondary N) is 1. The van der Waals surface area contributed by atoms with Gasteiger partial charge in [-0.2, -0.15) is 0 Å². The lowest BCUT2D eigenvalue weighted by Crippen LogP contribution is -2.37. The van der Waals surface area contributed by atoms with E-state index < -0.39 is 15.9 Å². The van der Waals surface area contributed by atoms with Crippen LogP contribution in [0.5, 0.6) is 0 Å². The molecule has 0 aliphatic heterocycles. The van der Waals surface area contributed by atoms with Crippen molar-refractivity contribution >= 4 is 38.2 Å². The number of para-hydroxylation sites is 1. The Kier molecular flexibility index (Phi) is 4.49. The second kappa shape index (κ2) is 5.99. The summed E-state index contributed by atoms with van der Waals surface area (Å²) < 4.78 is 22.5. The van der Waals surface area contributed by atoms with Crippen LogP contribution in [0, 0.1) is 0 Å². The van der Waals surface area contributed by atoms with Crippen LogP contribution >= 0.6 is 11.6 Å². The summed E-state index contributed by atoms with van der Waals surface area (Å²) in [5, 5.41) is 3.56. The highest BCUT2D eigenvalue weighted by molar-refractivity contribution is 7.90. The van der Waals surface area contributed by atoms with Crippen LogP contribution in [0.4, 0.5) is 0 Å². The summed E-state index contributed by atoms with van der Waals surface area (Å²) in [5.74, 6) is -0.484. The number of pyridine rings is 1. The zero-order chi connectivity index (χ0) is 15.6. The van der Waals surface area contributed by atoms with Crippen molar-refractivity contribution < 1.29 is 13.2 Å². The first-order chi connectivity index (χ1) is 9.76. The van der Waals surface area contributed by atoms with Crippen molar-refractivity contribution in [1.82, 2.24) is 10.3 Å². The van der Waals surface area contributed by atoms with Gasteiger partial charge in [-0.05, 0) is 19.1 Å². The van der Waals surface area contributed by atoms with Crippen LogP contribution in [0.15, 0.2) is 30.3 Å². The lowest BCUT2D eigenvalue weighted by molar-refractivity contribution is 0.0945. The second-order valence-corrected chi connectivity index (χ2v) is 7.55. The van der Waals surface area contributed by atoms with Crippen LogP contribution in [0.3, 0.4) is 0 Å². The van der Waals surface area contributed by atoms with Gasteiger partial charge in [-0.25, -0.2) is 13.4 Å². The van der Waals surface area contributed by atoms with Gasteiger partial charge in [-0.1, -0.05) is 29.8 Å². The predicted octanol–water partition coefficient (Wildman–Crippen LogP) is 2.05. The molecule has 0 radical (unpaired) electrons. The Morgan fingerprint density at radius 1 is 1.38 bits per heavy atom. The molecule has 0 aliphatic rings. The van der Waals surface area contributed by atoms with Gasteiger partial charge in [0.2, 0.25) is 0 Å². The molecule has 1 aromatic heterocycles. The van der Waals surface area contributed by atoms with Crippen molar-refractivity contribution in [2.24, 2.45) is 0 Å². The standard InChI is InChI=1S/C14H15ClN2O3S/c1-9(8-21(2,19)20)16-14(18)11-7-13(15)17-12-6-4-3-5-10(11)12/h3-7,9H,8H2,1-2H3,(H,16,18). The van der Waals surface area contributed by atoms with E-state index in [2.05, 4.69) is 10.3 Å². The quantitative estimate of drug-likeness (QED) is 0.872. The van der Waals surface area contributed by atoms with Crippen molar-refractivity contribution in [3.8, 4) is 0 Å². The summed E-state index contributed by atoms with van der Waals surface area (Å²) in [6.45, 7) is 1.64. The first kappa shape index (κ1) is 15.7. The van der Waals surface area contributed by atoms with Crippen molar-refractivity contribution in [2.45, 2.75) is 13.0 Å². The molecule has 1 atom stereocenters. The molecule has 1 N–H and O–H groups in total. The molecule has 2 rings (SSSR count). The third-order valence-electron chi connectivity index (χ3n) is 2.86. The Morgan fingerprint density at radius 3 is 2.71 bits per heavy atom. The third-order valence-corrected chi connectivity index (χ3v) is 4.16. The van der Waals surface area contributed by atoms with Crippen molar-refractivity contribution in [1.29, 1.82) is 0 Å². The fraction of sp³-hybridized carbons (Fsp3) is 0.286. The van der Waals surface area contributed by atoms with E-state index in [0.717, 1.165) is 6.26 Å². The maximum absolute atomic E-state index is 12.3. The molecule has 0 spiro atoms. The molecular formula is C14H15ClN2O3S. The summed E-state index contributed by atoms with van der Waals surface area (Å²) in [7, 11) is -3.15. The zero-order valence-corrected chi connectivity index (χ0v) is 13.2. The molecule has 1 amide bonds. The number of amides is 1. The van der Waals surface area contributed by atoms with Gasteiger partial charge < -0.3 is 5.32 Å². The van der Waals surface area contributed by atoms with Crippen molar-refractivity contribution in [3.05, 3.63) is 41.0 Å². The van der Waals surface area contributed by atoms with Crippen molar-refractivity contribution in [2.75, 3.05) is 12.0 Å². The van der Waals surface area contributed by atoms with Crippen LogP contribution in [-0.2, 0) is 9.84 Å². The largest absolute Gasteiger partial charge is 0.349 e. The summed E-state index contributed by atoms with van der Waals surface area (Å²) in [4.78, 5) is 16.5. The number of carbonyl (C=O) groups is 1. The Balaban J connectivity index is 2.31. The molecule has 1 unspecified atom stereocenters. The van der Waals surface area contributed by atoms with E-state index in [0.29, 0.717) is 16.5 Å². The van der Waals surface area contributed by atoms with Gasteiger partial charge >= 0.3 is 0 Å². The lowest BCUT2D eigenvalue weighted by Gasteiger charge is -2.14. The van der Waals surface area contributed by atoms with E-state index in [1.165, 1.54) is 6.07 Å². The zero-order valence-electron chi connectivity index (χ0n) is 11.6. The molecule has 7 heteroatoms. The fourth-order valence-corrected chi connectivity index (χ4v) is 3.32. The number of aromatic nitrogens is 1. The summed E-state index contributed by atoms with van der Waals surface area (Å²) >= 11 is 5.92. The number of benzene rings is 1. The molecule has 2 aromatic rings. The van der Waals surface area contributed by atoms with Gasteiger partial charge in [-0.15, -0.1) is 0 Å². The lowest BCUT2D eigenvalue weighted by atomic mass is 10.1. The Labute approximate surface area is 128 Å². The minimum atomic E-state index is -3.15. The first-order valence-corrected chi connectivity index (χ1v) is 8.74. The van der Waals surface area contributed by atoms with E-state index in [1.54, 1.807) is 31.2 Å². The fourth-order valence-electron chi connectivity index (χ4n) is 2.13. The molecule has 21 heavy (non-hydrogen) atoms. The molecule has 5 nitrogen and oxygen atoms in total. The SMILES string of the molecule is CC(CS(C)(=O)=O)NC(=O)c1cc(Cl)nc2ccccc12. The van der Waals surface area contributed by atoms with Crippen LogP contribution in [0.25, 0.3) is 10.9 Å². The molecule has 1 heterocycles. The molecule has 0 saturated carbocycles. The number of hydrogen-bond acceptors (Lipinski definition) is 4. The molecule has 0 fully saturated rings. The number of hydrogen-bond donors (Lipinski definition) is 1. The van der Waals surface area contributed by atoms with E-state index >= 15 is 0 Å². The van der Waals surface area contributed by atoms with E-state index in [4.69, 9.17) is 11.6 Å². The number of fused-ring (bicyclic) bond motifs is 1. The number of sulfone groups is 1. The molecule has 1 aromatic carbocycles. The highest BCUT2D eigenvalue weighted by Gasteiger charge is 2.17. The van der Waals surface area contributed by atoms with E-state index in [9.17, 15) is 13.2 Å². The molecule has 0 aliphatic carbocycles. The minimum absolute atomic E-state index is 0.116. The maximum Gasteiger partial charge on any atom is 0.252 e. The Hall–Kier alpha value is -1.66. The Bertz CT molecular complexity index is 790. The smallest absolute Gasteiger partial charge is 0.252 e. The average Bonchev–Trinajstić information content (AvgIpc) is 2.35. The highest BCUT2D eigenvalue weighted by atomic mass is 35.5. The van der Waals surface area contributed by atoms with Gasteiger partial charge in [0.25, 0.3) is 5.91 Å². The summed E-state index contributed by atoms with van der Waals surface area (Å²) in [6.07, 6.45) is 1.13. The van der Waals surface area contributed by atoms with Crippen molar-refractivity contribution in [3.63, 3.8) is 0 Å². The molecule has 112 valence electrons. The topological polar surface area (TPSA) is 76.1 Å². The highest BCUT2D eigenvalue weighted by Crippen LogP contribution is 2.20. The van der Waals surface area contributed by atoms with Gasteiger partial charge in [0.05, 0.1) is 16.8 Å². The van der Waals surface area contributed by atoms with Gasteiger partial charge in [0, 0.05) is 17.7 Å². The minimum Gasteiger partial charge on any atom is -0.349 e. The normalized spacial score (nSPS) is 13.1. The van der Waals surface area contributed by atoms with Crippen LogP contribution < -0.4 is 5.32 Å². The average molecular weight is 327 g/mol. The second-order valence-electron chi connectivity index (χ2n) is 4.98. The number of halogens is 1. The van der Waals surface area contributed by atoms with E-state index in [-0.39, 0.29) is 16.8 Å². The van der Waals surface area contributed by atoms with Gasteiger partial charge in [-0.3, -0.25) is 4.79 Å². The molecule has 0 saturated heterocycles. The van der Waals surface area contributed by atoms with Crippen LogP contribution in [-0.4, -0.2) is 37.4 Å². The third kappa shape index (κ3) is 4.15. The van der Waals surface area contributed by atoms with Gasteiger partial charge in [0.1, 0.15) is 15.0 Å².